The first-order valence-electron chi connectivity index (χ1n) is 2.53. The maximum atomic E-state index is 4.75. The van der Waals surface area contributed by atoms with Crippen LogP contribution in [0, 0.1) is 0 Å². The zero-order chi connectivity index (χ0) is 5.11. The fourth-order valence-corrected chi connectivity index (χ4v) is 0.595. The predicted octanol–water partition coefficient (Wildman–Crippen LogP) is -1.27. The Balaban J connectivity index is 1.93. The van der Waals surface area contributed by atoms with Crippen LogP contribution in [0.5, 0.6) is 0 Å². The lowest BCUT2D eigenvalue weighted by Gasteiger charge is -2.24. The van der Waals surface area contributed by atoms with E-state index in [1.807, 2.05) is 0 Å². The molecule has 42 valence electrons. The molecule has 1 rings (SSSR count). The molecule has 1 aliphatic rings. The molecule has 0 bridgehead atoms. The molecule has 0 radical (unpaired) electrons. The lowest BCUT2D eigenvalue weighted by atomic mass is 10.3. The highest BCUT2D eigenvalue weighted by atomic mass is 16.7. The molecule has 0 aromatic heterocycles. The molecule has 2 N–H and O–H groups in total. The summed E-state index contributed by atoms with van der Waals surface area (Å²) in [5.41, 5.74) is 1.77. The van der Waals surface area contributed by atoms with Crippen LogP contribution in [0.1, 0.15) is 6.42 Å². The van der Waals surface area contributed by atoms with Gasteiger partial charge in [-0.2, -0.15) is 4.84 Å². The molecule has 3 heteroatoms. The molecule has 0 amide bonds. The number of hydrogen-bond acceptors (Lipinski definition) is 2. The van der Waals surface area contributed by atoms with Crippen LogP contribution in [0.2, 0.25) is 0 Å². The van der Waals surface area contributed by atoms with Gasteiger partial charge >= 0.3 is 0 Å². The fourth-order valence-electron chi connectivity index (χ4n) is 0.595. The van der Waals surface area contributed by atoms with Crippen molar-refractivity contribution >= 4 is 0 Å². The third-order valence-electron chi connectivity index (χ3n) is 1.15. The van der Waals surface area contributed by atoms with Crippen molar-refractivity contribution in [3.8, 4) is 0 Å². The first-order chi connectivity index (χ1) is 3.43. The maximum absolute atomic E-state index is 4.75. The molecule has 0 aliphatic carbocycles. The molecule has 0 unspecified atom stereocenters. The molecule has 1 fully saturated rings. The van der Waals surface area contributed by atoms with E-state index in [1.54, 1.807) is 12.7 Å². The Hall–Kier alpha value is -0.120. The van der Waals surface area contributed by atoms with Crippen LogP contribution in [0.25, 0.3) is 0 Å². The van der Waals surface area contributed by atoms with Gasteiger partial charge in [0.1, 0.15) is 0 Å². The van der Waals surface area contributed by atoms with Gasteiger partial charge in [-0.3, -0.25) is 0 Å². The van der Waals surface area contributed by atoms with Crippen LogP contribution in [0.4, 0.5) is 0 Å². The lowest BCUT2D eigenvalue weighted by molar-refractivity contribution is -1.00. The van der Waals surface area contributed by atoms with Crippen molar-refractivity contribution in [1.82, 2.24) is 5.01 Å². The van der Waals surface area contributed by atoms with Crippen LogP contribution in [0.15, 0.2) is 0 Å². The summed E-state index contributed by atoms with van der Waals surface area (Å²) in [7, 11) is 1.68. The quantitative estimate of drug-likeness (QED) is 0.349. The normalized spacial score (nSPS) is 21.9. The second-order valence-corrected chi connectivity index (χ2v) is 1.73. The molecule has 1 saturated heterocycles. The highest BCUT2D eigenvalue weighted by Gasteiger charge is 2.15. The smallest absolute Gasteiger partial charge is 0.0977 e. The first-order valence-corrected chi connectivity index (χ1v) is 2.53. The Morgan fingerprint density at radius 3 is 2.43 bits per heavy atom. The Morgan fingerprint density at radius 1 is 1.57 bits per heavy atom. The molecule has 0 aromatic carbocycles. The molecular weight excluding hydrogens is 92.1 g/mol. The average molecular weight is 103 g/mol. The van der Waals surface area contributed by atoms with Gasteiger partial charge in [-0.15, -0.1) is 10.6 Å². The third-order valence-corrected chi connectivity index (χ3v) is 1.15. The lowest BCUT2D eigenvalue weighted by Crippen LogP contribution is -2.94. The zero-order valence-electron chi connectivity index (χ0n) is 4.55. The van der Waals surface area contributed by atoms with Gasteiger partial charge in [0.15, 0.2) is 0 Å². The van der Waals surface area contributed by atoms with E-state index in [0.717, 1.165) is 0 Å². The number of nitrogens with zero attached hydrogens (tertiary/aromatic N) is 1. The summed E-state index contributed by atoms with van der Waals surface area (Å²) in [4.78, 5) is 4.75. The van der Waals surface area contributed by atoms with Crippen molar-refractivity contribution in [3.63, 3.8) is 0 Å². The second-order valence-electron chi connectivity index (χ2n) is 1.73. The minimum Gasteiger partial charge on any atom is -0.189 e. The maximum Gasteiger partial charge on any atom is 0.0977 e. The van der Waals surface area contributed by atoms with Gasteiger partial charge in [-0.05, 0) is 6.42 Å². The van der Waals surface area contributed by atoms with Crippen molar-refractivity contribution in [2.75, 3.05) is 20.2 Å². The van der Waals surface area contributed by atoms with E-state index in [-0.39, 0.29) is 0 Å². The number of quaternary nitrogens is 1. The van der Waals surface area contributed by atoms with E-state index in [1.165, 1.54) is 19.5 Å². The molecule has 3 nitrogen and oxygen atoms in total. The van der Waals surface area contributed by atoms with Crippen molar-refractivity contribution in [2.24, 2.45) is 0 Å². The number of rotatable bonds is 2. The topological polar surface area (TPSA) is 29.1 Å². The zero-order valence-corrected chi connectivity index (χ0v) is 4.55. The van der Waals surface area contributed by atoms with E-state index < -0.39 is 0 Å². The molecule has 0 spiro atoms. The summed E-state index contributed by atoms with van der Waals surface area (Å²) < 4.78 is 0. The van der Waals surface area contributed by atoms with Gasteiger partial charge < -0.3 is 0 Å². The van der Waals surface area contributed by atoms with Crippen molar-refractivity contribution < 1.29 is 10.4 Å². The SMILES string of the molecule is CO[NH2+]N1CCC1. The Kier molecular flexibility index (Phi) is 1.62. The molecule has 1 aliphatic heterocycles. The van der Waals surface area contributed by atoms with E-state index in [4.69, 9.17) is 4.84 Å². The van der Waals surface area contributed by atoms with Gasteiger partial charge in [0.05, 0.1) is 20.2 Å². The summed E-state index contributed by atoms with van der Waals surface area (Å²) in [5.74, 6) is 0. The van der Waals surface area contributed by atoms with E-state index in [0.29, 0.717) is 0 Å². The van der Waals surface area contributed by atoms with Gasteiger partial charge in [0, 0.05) is 0 Å². The average Bonchev–Trinajstić information content (AvgIpc) is 1.55. The Labute approximate surface area is 43.2 Å². The molecule has 0 atom stereocenters. The van der Waals surface area contributed by atoms with Crippen molar-refractivity contribution in [3.05, 3.63) is 0 Å². The summed E-state index contributed by atoms with van der Waals surface area (Å²) in [5, 5.41) is 2.14. The largest absolute Gasteiger partial charge is 0.189 e. The van der Waals surface area contributed by atoms with Gasteiger partial charge in [-0.25, -0.2) is 0 Å². The van der Waals surface area contributed by atoms with E-state index in [9.17, 15) is 0 Å². The highest BCUT2D eigenvalue weighted by molar-refractivity contribution is 4.55. The molecule has 0 saturated carbocycles. The van der Waals surface area contributed by atoms with Crippen LogP contribution >= 0.6 is 0 Å². The second kappa shape index (κ2) is 2.26. The minimum absolute atomic E-state index is 1.17. The van der Waals surface area contributed by atoms with Crippen molar-refractivity contribution in [1.29, 1.82) is 0 Å². The van der Waals surface area contributed by atoms with Crippen molar-refractivity contribution in [2.45, 2.75) is 6.42 Å². The van der Waals surface area contributed by atoms with Gasteiger partial charge in [0.25, 0.3) is 0 Å². The van der Waals surface area contributed by atoms with E-state index >= 15 is 0 Å². The summed E-state index contributed by atoms with van der Waals surface area (Å²) in [6, 6.07) is 0. The predicted molar refractivity (Wildman–Crippen MR) is 25.1 cm³/mol. The van der Waals surface area contributed by atoms with Crippen LogP contribution < -0.4 is 5.59 Å². The molecular formula is C4H11N2O+. The summed E-state index contributed by atoms with van der Waals surface area (Å²) in [6.45, 7) is 2.35. The number of nitrogens with two attached hydrogens (primary N) is 1. The standard InChI is InChI=1S/C4H10N2O/c1-7-5-6-3-2-4-6/h5H,2-4H2,1H3/p+1. The van der Waals surface area contributed by atoms with Gasteiger partial charge in [-0.1, -0.05) is 0 Å². The summed E-state index contributed by atoms with van der Waals surface area (Å²) >= 11 is 0. The fraction of sp³-hybridized carbons (Fsp3) is 1.00. The van der Waals surface area contributed by atoms with E-state index in [2.05, 4.69) is 5.01 Å². The molecule has 0 aromatic rings. The minimum atomic E-state index is 1.17. The van der Waals surface area contributed by atoms with Gasteiger partial charge in [0.2, 0.25) is 0 Å². The Morgan fingerprint density at radius 2 is 2.29 bits per heavy atom. The monoisotopic (exact) mass is 103 g/mol. The van der Waals surface area contributed by atoms with Crippen LogP contribution in [-0.4, -0.2) is 25.2 Å². The van der Waals surface area contributed by atoms with Crippen LogP contribution in [0.3, 0.4) is 0 Å². The van der Waals surface area contributed by atoms with Crippen LogP contribution in [-0.2, 0) is 4.84 Å². The first kappa shape index (κ1) is 5.03. The molecule has 1 heterocycles. The Bertz CT molecular complexity index is 53.7. The third kappa shape index (κ3) is 1.12. The summed E-state index contributed by atoms with van der Waals surface area (Å²) in [6.07, 6.45) is 1.32. The molecule has 7 heavy (non-hydrogen) atoms. The highest BCUT2D eigenvalue weighted by Crippen LogP contribution is 1.94. The number of hydrogen-bond donors (Lipinski definition) is 1.